The molecule has 0 aliphatic heterocycles. The number of carboxylic acid groups (broad SMARTS) is 1. The minimum Gasteiger partial charge on any atom is -0.481 e. The van der Waals surface area contributed by atoms with Crippen LogP contribution in [0.25, 0.3) is 0 Å². The van der Waals surface area contributed by atoms with Crippen LogP contribution in [0.4, 0.5) is 0 Å². The first-order valence-electron chi connectivity index (χ1n) is 9.70. The lowest BCUT2D eigenvalue weighted by Crippen LogP contribution is -1.78. The van der Waals surface area contributed by atoms with Gasteiger partial charge in [-0.15, -0.1) is 0 Å². The highest BCUT2D eigenvalue weighted by atomic mass is 16.4. The fourth-order valence-corrected chi connectivity index (χ4v) is 1.43. The summed E-state index contributed by atoms with van der Waals surface area (Å²) < 4.78 is 0. The van der Waals surface area contributed by atoms with Crippen LogP contribution in [0.5, 0.6) is 0 Å². The largest absolute Gasteiger partial charge is 0.481 e. The third-order valence-electron chi connectivity index (χ3n) is 2.50. The van der Waals surface area contributed by atoms with Crippen LogP contribution in [0.1, 0.15) is 79.9 Å². The molecule has 0 saturated carbocycles. The third kappa shape index (κ3) is 35.8. The van der Waals surface area contributed by atoms with Gasteiger partial charge in [-0.1, -0.05) is 122 Å². The first kappa shape index (κ1) is 32.6. The van der Waals surface area contributed by atoms with Crippen LogP contribution in [0.15, 0.2) is 60.7 Å². The lowest BCUT2D eigenvalue weighted by atomic mass is 10.2. The summed E-state index contributed by atoms with van der Waals surface area (Å²) in [5.41, 5.74) is 2.82. The molecule has 2 aromatic carbocycles. The molecule has 0 aliphatic carbocycles. The van der Waals surface area contributed by atoms with Crippen LogP contribution < -0.4 is 0 Å². The van der Waals surface area contributed by atoms with Crippen molar-refractivity contribution in [2.24, 2.45) is 0 Å². The van der Waals surface area contributed by atoms with Crippen LogP contribution >= 0.6 is 0 Å². The molecule has 0 bridgehead atoms. The quantitative estimate of drug-likeness (QED) is 0.575. The van der Waals surface area contributed by atoms with E-state index in [1.165, 1.54) is 24.0 Å². The molecule has 0 radical (unpaired) electrons. The summed E-state index contributed by atoms with van der Waals surface area (Å²) >= 11 is 0. The molecule has 0 saturated heterocycles. The summed E-state index contributed by atoms with van der Waals surface area (Å²) in [5.74, 6) is -0.833. The number of aryl methyl sites for hydroxylation is 2. The van der Waals surface area contributed by atoms with E-state index < -0.39 is 5.97 Å². The van der Waals surface area contributed by atoms with Gasteiger partial charge in [0, 0.05) is 6.92 Å². The molecule has 27 heavy (non-hydrogen) atoms. The van der Waals surface area contributed by atoms with Crippen molar-refractivity contribution in [1.29, 1.82) is 0 Å². The Kier molecular flexibility index (Phi) is 34.6. The summed E-state index contributed by atoms with van der Waals surface area (Å²) in [6.45, 7) is 13.9. The lowest BCUT2D eigenvalue weighted by molar-refractivity contribution is -0.134. The van der Waals surface area contributed by atoms with Crippen molar-refractivity contribution >= 4 is 5.97 Å². The van der Waals surface area contributed by atoms with Gasteiger partial charge in [0.25, 0.3) is 5.97 Å². The van der Waals surface area contributed by atoms with Crippen molar-refractivity contribution in [2.75, 3.05) is 0 Å². The summed E-state index contributed by atoms with van der Waals surface area (Å²) in [4.78, 5) is 9.00. The fourth-order valence-electron chi connectivity index (χ4n) is 1.43. The molecule has 0 amide bonds. The number of hydrogen-bond donors (Lipinski definition) is 1. The number of benzene rings is 2. The molecular formula is C25H44O2. The molecule has 0 fully saturated rings. The van der Waals surface area contributed by atoms with Crippen LogP contribution in [-0.4, -0.2) is 11.1 Å². The van der Waals surface area contributed by atoms with Crippen LogP contribution in [0.3, 0.4) is 0 Å². The molecule has 2 nitrogen and oxygen atoms in total. The molecule has 0 aliphatic rings. The van der Waals surface area contributed by atoms with Gasteiger partial charge in [-0.3, -0.25) is 4.79 Å². The molecular weight excluding hydrogens is 332 g/mol. The van der Waals surface area contributed by atoms with Crippen molar-refractivity contribution in [3.63, 3.8) is 0 Å². The van der Waals surface area contributed by atoms with Gasteiger partial charge in [0.2, 0.25) is 0 Å². The van der Waals surface area contributed by atoms with Crippen LogP contribution in [0.2, 0.25) is 0 Å². The summed E-state index contributed by atoms with van der Waals surface area (Å²) in [6.07, 6.45) is 4.78. The molecule has 0 aromatic heterocycles. The predicted molar refractivity (Wildman–Crippen MR) is 124 cm³/mol. The lowest BCUT2D eigenvalue weighted by Gasteiger charge is -1.89. The smallest absolute Gasteiger partial charge is 0.300 e. The molecule has 0 heterocycles. The zero-order valence-corrected chi connectivity index (χ0v) is 18.0. The highest BCUT2D eigenvalue weighted by Crippen LogP contribution is 1.97. The minimum atomic E-state index is -0.833. The van der Waals surface area contributed by atoms with Crippen molar-refractivity contribution in [3.8, 4) is 0 Å². The van der Waals surface area contributed by atoms with E-state index >= 15 is 0 Å². The Hall–Kier alpha value is -2.09. The Morgan fingerprint density at radius 2 is 0.852 bits per heavy atom. The molecule has 2 aromatic rings. The maximum Gasteiger partial charge on any atom is 0.300 e. The number of rotatable bonds is 2. The van der Waals surface area contributed by atoms with E-state index in [1.54, 1.807) is 0 Å². The van der Waals surface area contributed by atoms with Gasteiger partial charge in [-0.2, -0.15) is 0 Å². The maximum absolute atomic E-state index is 9.00. The van der Waals surface area contributed by atoms with Gasteiger partial charge in [0.15, 0.2) is 0 Å². The van der Waals surface area contributed by atoms with Crippen molar-refractivity contribution in [3.05, 3.63) is 71.8 Å². The van der Waals surface area contributed by atoms with E-state index in [0.29, 0.717) is 0 Å². The van der Waals surface area contributed by atoms with Crippen molar-refractivity contribution < 1.29 is 9.90 Å². The second-order valence-corrected chi connectivity index (χ2v) is 5.61. The number of hydrogen-bond acceptors (Lipinski definition) is 1. The van der Waals surface area contributed by atoms with Crippen LogP contribution in [0, 0.1) is 0 Å². The Bertz CT molecular complexity index is 433. The minimum absolute atomic E-state index is 0. The Balaban J connectivity index is -0.000000131. The van der Waals surface area contributed by atoms with Crippen LogP contribution in [-0.2, 0) is 17.6 Å². The Morgan fingerprint density at radius 1 is 0.667 bits per heavy atom. The normalized spacial score (nSPS) is 7.67. The van der Waals surface area contributed by atoms with Gasteiger partial charge in [-0.25, -0.2) is 0 Å². The van der Waals surface area contributed by atoms with E-state index in [1.807, 2.05) is 12.1 Å². The van der Waals surface area contributed by atoms with Gasteiger partial charge < -0.3 is 5.11 Å². The highest BCUT2D eigenvalue weighted by Gasteiger charge is 1.80. The second-order valence-electron chi connectivity index (χ2n) is 5.61. The molecule has 0 atom stereocenters. The first-order valence-corrected chi connectivity index (χ1v) is 9.70. The third-order valence-corrected chi connectivity index (χ3v) is 2.50. The monoisotopic (exact) mass is 376 g/mol. The average molecular weight is 377 g/mol. The zero-order valence-electron chi connectivity index (χ0n) is 18.0. The Morgan fingerprint density at radius 3 is 0.963 bits per heavy atom. The molecule has 0 unspecified atom stereocenters. The van der Waals surface area contributed by atoms with E-state index in [9.17, 15) is 0 Å². The van der Waals surface area contributed by atoms with E-state index in [2.05, 4.69) is 90.1 Å². The standard InChI is InChI=1S/2C8H10.2C3H8.C2H4O2.CH4/c2*1-2-8-6-4-3-5-7-8;2*1-3-2;1-2(3)4;/h2*3-7H,2H2,1H3;2*3H2,1-2H3;1H3,(H,3,4);1H4. The summed E-state index contributed by atoms with van der Waals surface area (Å²) in [6, 6.07) is 20.9. The number of carboxylic acids is 1. The first-order chi connectivity index (χ1) is 12.4. The van der Waals surface area contributed by atoms with E-state index in [-0.39, 0.29) is 7.43 Å². The second kappa shape index (κ2) is 28.7. The molecule has 0 spiro atoms. The number of carbonyl (C=O) groups is 1. The fraction of sp³-hybridized carbons (Fsp3) is 0.480. The highest BCUT2D eigenvalue weighted by molar-refractivity contribution is 5.62. The summed E-state index contributed by atoms with van der Waals surface area (Å²) in [5, 5.41) is 7.42. The van der Waals surface area contributed by atoms with Gasteiger partial charge in [-0.05, 0) is 24.0 Å². The zero-order chi connectivity index (χ0) is 20.6. The van der Waals surface area contributed by atoms with Crippen molar-refractivity contribution in [1.82, 2.24) is 0 Å². The topological polar surface area (TPSA) is 37.3 Å². The SMILES string of the molecule is C.CC(=O)O.CCC.CCC.CCc1ccccc1.CCc1ccccc1. The molecule has 1 N–H and O–H groups in total. The average Bonchev–Trinajstić information content (AvgIpc) is 2.64. The Labute approximate surface area is 169 Å². The van der Waals surface area contributed by atoms with Gasteiger partial charge in [0.1, 0.15) is 0 Å². The van der Waals surface area contributed by atoms with Gasteiger partial charge >= 0.3 is 0 Å². The van der Waals surface area contributed by atoms with E-state index in [4.69, 9.17) is 9.90 Å². The molecule has 2 rings (SSSR count). The molecule has 2 heteroatoms. The summed E-state index contributed by atoms with van der Waals surface area (Å²) in [7, 11) is 0. The van der Waals surface area contributed by atoms with Gasteiger partial charge in [0.05, 0.1) is 0 Å². The molecule has 156 valence electrons. The maximum atomic E-state index is 9.00. The number of aliphatic carboxylic acids is 1. The van der Waals surface area contributed by atoms with Crippen molar-refractivity contribution in [2.45, 2.75) is 81.6 Å². The van der Waals surface area contributed by atoms with E-state index in [0.717, 1.165) is 19.8 Å². The predicted octanol–water partition coefficient (Wildman–Crippen LogP) is 8.06.